The molecule has 0 aromatic heterocycles. The van der Waals surface area contributed by atoms with E-state index < -0.39 is 5.97 Å². The van der Waals surface area contributed by atoms with Crippen LogP contribution in [0.3, 0.4) is 0 Å². The predicted molar refractivity (Wildman–Crippen MR) is 92.5 cm³/mol. The molecule has 130 valence electrons. The Morgan fingerprint density at radius 2 is 1.73 bits per heavy atom. The average Bonchev–Trinajstić information content (AvgIpc) is 2.38. The van der Waals surface area contributed by atoms with Gasteiger partial charge in [-0.3, -0.25) is 0 Å². The number of halogens is 1. The van der Waals surface area contributed by atoms with Gasteiger partial charge >= 0.3 is 11.9 Å². The summed E-state index contributed by atoms with van der Waals surface area (Å²) >= 11 is 0. The van der Waals surface area contributed by atoms with Crippen LogP contribution in [0.25, 0.3) is 0 Å². The Balaban J connectivity index is -0.000000315. The van der Waals surface area contributed by atoms with Gasteiger partial charge in [0.05, 0.1) is 6.61 Å². The molecule has 0 aromatic carbocycles. The van der Waals surface area contributed by atoms with Gasteiger partial charge in [-0.1, -0.05) is 26.5 Å². The highest BCUT2D eigenvalue weighted by atomic mass is 35.5. The number of carboxylic acid groups (broad SMARTS) is 1. The minimum Gasteiger partial charge on any atom is -0.478 e. The molecule has 22 heavy (non-hydrogen) atoms. The zero-order valence-electron chi connectivity index (χ0n) is 14.2. The van der Waals surface area contributed by atoms with Gasteiger partial charge in [0.1, 0.15) is 0 Å². The maximum Gasteiger partial charge on any atom is 0.333 e. The third-order valence-corrected chi connectivity index (χ3v) is 2.47. The van der Waals surface area contributed by atoms with E-state index in [4.69, 9.17) is 9.84 Å². The van der Waals surface area contributed by atoms with E-state index in [1.54, 1.807) is 6.92 Å². The van der Waals surface area contributed by atoms with Gasteiger partial charge in [0.25, 0.3) is 0 Å². The van der Waals surface area contributed by atoms with Crippen LogP contribution in [0.5, 0.6) is 0 Å². The Hall–Kier alpha value is -1.33. The molecule has 0 aliphatic carbocycles. The summed E-state index contributed by atoms with van der Waals surface area (Å²) in [5.41, 5.74) is 0.767. The molecular weight excluding hydrogens is 306 g/mol. The van der Waals surface area contributed by atoms with Gasteiger partial charge in [-0.15, -0.1) is 12.4 Å². The number of esters is 1. The number of carbonyl (C=O) groups is 2. The molecule has 0 aromatic rings. The Labute approximate surface area is 140 Å². The first-order chi connectivity index (χ1) is 9.72. The summed E-state index contributed by atoms with van der Waals surface area (Å²) in [6.45, 7) is 12.0. The fourth-order valence-electron chi connectivity index (χ4n) is 1.15. The summed E-state index contributed by atoms with van der Waals surface area (Å²) in [5, 5.41) is 8.43. The fourth-order valence-corrected chi connectivity index (χ4v) is 1.15. The molecule has 0 aliphatic rings. The molecule has 0 saturated carbocycles. The molecule has 0 heterocycles. The van der Waals surface area contributed by atoms with Crippen LogP contribution in [0.1, 0.15) is 39.5 Å². The van der Waals surface area contributed by atoms with E-state index in [0.717, 1.165) is 25.8 Å². The number of aliphatic carboxylic acids is 1. The Bertz CT molecular complexity index is 354. The van der Waals surface area contributed by atoms with Crippen LogP contribution in [0.15, 0.2) is 24.3 Å². The molecule has 0 atom stereocenters. The average molecular weight is 336 g/mol. The molecule has 5 nitrogen and oxygen atoms in total. The molecule has 0 saturated heterocycles. The number of carbonyl (C=O) groups excluding carboxylic acids is 1. The highest BCUT2D eigenvalue weighted by Gasteiger charge is 2.02. The number of hydrogen-bond donors (Lipinski definition) is 1. The Morgan fingerprint density at radius 1 is 1.18 bits per heavy atom. The van der Waals surface area contributed by atoms with Crippen molar-refractivity contribution in [3.63, 3.8) is 0 Å². The zero-order chi connectivity index (χ0) is 16.8. The Kier molecular flexibility index (Phi) is 18.7. The second kappa shape index (κ2) is 16.0. The first kappa shape index (κ1) is 25.6. The van der Waals surface area contributed by atoms with Gasteiger partial charge < -0.3 is 14.7 Å². The van der Waals surface area contributed by atoms with E-state index in [2.05, 4.69) is 20.1 Å². The van der Waals surface area contributed by atoms with Gasteiger partial charge in [0, 0.05) is 11.1 Å². The topological polar surface area (TPSA) is 66.8 Å². The standard InChI is InChI=1S/C8H15NO2.C8H14O2.ClH/c1-7(8(10)11)5-4-6-9(2)3;1-4-5-6-10-8(9)7(2)3;/h1,4-6H2,2-3H3,(H,10,11);2,4-6H2,1,3H3;1H. The summed E-state index contributed by atoms with van der Waals surface area (Å²) < 4.78 is 4.81. The van der Waals surface area contributed by atoms with Gasteiger partial charge in [-0.2, -0.15) is 0 Å². The van der Waals surface area contributed by atoms with Crippen molar-refractivity contribution in [1.29, 1.82) is 0 Å². The van der Waals surface area contributed by atoms with Crippen molar-refractivity contribution in [3.8, 4) is 0 Å². The van der Waals surface area contributed by atoms with E-state index in [-0.39, 0.29) is 18.4 Å². The monoisotopic (exact) mass is 335 g/mol. The number of nitrogens with zero attached hydrogens (tertiary/aromatic N) is 1. The summed E-state index contributed by atoms with van der Waals surface area (Å²) in [6.07, 6.45) is 3.41. The maximum absolute atomic E-state index is 10.7. The van der Waals surface area contributed by atoms with Crippen molar-refractivity contribution in [2.45, 2.75) is 39.5 Å². The second-order valence-electron chi connectivity index (χ2n) is 5.09. The van der Waals surface area contributed by atoms with Crippen LogP contribution in [-0.4, -0.2) is 49.2 Å². The van der Waals surface area contributed by atoms with E-state index >= 15 is 0 Å². The smallest absolute Gasteiger partial charge is 0.333 e. The van der Waals surface area contributed by atoms with Crippen LogP contribution in [-0.2, 0) is 14.3 Å². The van der Waals surface area contributed by atoms with Crippen molar-refractivity contribution in [2.75, 3.05) is 27.2 Å². The fraction of sp³-hybridized carbons (Fsp3) is 0.625. The number of hydrogen-bond acceptors (Lipinski definition) is 4. The van der Waals surface area contributed by atoms with Gasteiger partial charge in [0.2, 0.25) is 0 Å². The number of rotatable bonds is 9. The van der Waals surface area contributed by atoms with E-state index in [1.807, 2.05) is 19.0 Å². The lowest BCUT2D eigenvalue weighted by Gasteiger charge is -2.08. The molecule has 0 aliphatic heterocycles. The molecule has 6 heteroatoms. The van der Waals surface area contributed by atoms with E-state index in [1.165, 1.54) is 0 Å². The molecule has 0 radical (unpaired) electrons. The highest BCUT2D eigenvalue weighted by Crippen LogP contribution is 2.02. The number of carboxylic acids is 1. The molecule has 0 spiro atoms. The molecule has 0 fully saturated rings. The van der Waals surface area contributed by atoms with Crippen molar-refractivity contribution in [1.82, 2.24) is 4.90 Å². The molecular formula is C16H30ClNO4. The Morgan fingerprint density at radius 3 is 2.09 bits per heavy atom. The van der Waals surface area contributed by atoms with Crippen molar-refractivity contribution in [2.24, 2.45) is 0 Å². The summed E-state index contributed by atoms with van der Waals surface area (Å²) in [6, 6.07) is 0. The normalized spacial score (nSPS) is 9.14. The second-order valence-corrected chi connectivity index (χ2v) is 5.09. The molecule has 1 N–H and O–H groups in total. The summed E-state index contributed by atoms with van der Waals surface area (Å²) in [7, 11) is 3.92. The molecule has 0 rings (SSSR count). The first-order valence-corrected chi connectivity index (χ1v) is 7.10. The van der Waals surface area contributed by atoms with Crippen molar-refractivity contribution in [3.05, 3.63) is 24.3 Å². The third-order valence-electron chi connectivity index (χ3n) is 2.47. The van der Waals surface area contributed by atoms with Crippen LogP contribution in [0, 0.1) is 0 Å². The lowest BCUT2D eigenvalue weighted by Crippen LogP contribution is -2.13. The summed E-state index contributed by atoms with van der Waals surface area (Å²) in [5.74, 6) is -1.17. The van der Waals surface area contributed by atoms with E-state index in [0.29, 0.717) is 24.2 Å². The predicted octanol–water partition coefficient (Wildman–Crippen LogP) is 3.30. The quantitative estimate of drug-likeness (QED) is 0.398. The van der Waals surface area contributed by atoms with Crippen LogP contribution in [0.4, 0.5) is 0 Å². The third kappa shape index (κ3) is 18.7. The van der Waals surface area contributed by atoms with E-state index in [9.17, 15) is 9.59 Å². The first-order valence-electron chi connectivity index (χ1n) is 7.10. The van der Waals surface area contributed by atoms with Crippen LogP contribution in [0.2, 0.25) is 0 Å². The molecule has 0 bridgehead atoms. The van der Waals surface area contributed by atoms with Crippen LogP contribution >= 0.6 is 12.4 Å². The van der Waals surface area contributed by atoms with Crippen molar-refractivity contribution < 1.29 is 19.4 Å². The molecule has 0 unspecified atom stereocenters. The molecule has 0 amide bonds. The summed E-state index contributed by atoms with van der Waals surface area (Å²) in [4.78, 5) is 23.0. The lowest BCUT2D eigenvalue weighted by molar-refractivity contribution is -0.139. The number of ether oxygens (including phenoxy) is 1. The maximum atomic E-state index is 10.7. The van der Waals surface area contributed by atoms with Crippen LogP contribution < -0.4 is 0 Å². The highest BCUT2D eigenvalue weighted by molar-refractivity contribution is 5.87. The lowest BCUT2D eigenvalue weighted by atomic mass is 10.1. The minimum absolute atomic E-state index is 0. The zero-order valence-corrected chi connectivity index (χ0v) is 15.0. The van der Waals surface area contributed by atoms with Crippen molar-refractivity contribution >= 4 is 24.3 Å². The minimum atomic E-state index is -0.885. The van der Waals surface area contributed by atoms with Gasteiger partial charge in [-0.05, 0) is 46.8 Å². The SMILES string of the molecule is C=C(C)C(=O)OCCCC.C=C(CCCN(C)C)C(=O)O.Cl. The largest absolute Gasteiger partial charge is 0.478 e. The van der Waals surface area contributed by atoms with Gasteiger partial charge in [0.15, 0.2) is 0 Å². The number of unbranched alkanes of at least 4 members (excludes halogenated alkanes) is 1. The van der Waals surface area contributed by atoms with Gasteiger partial charge in [-0.25, -0.2) is 9.59 Å².